The molecule has 0 atom stereocenters. The quantitative estimate of drug-likeness (QED) is 0.416. The molecule has 0 saturated carbocycles. The van der Waals surface area contributed by atoms with Crippen molar-refractivity contribution in [3.05, 3.63) is 86.9 Å². The molecule has 4 rings (SSSR count). The third-order valence-corrected chi connectivity index (χ3v) is 5.66. The summed E-state index contributed by atoms with van der Waals surface area (Å²) in [6.07, 6.45) is 1.49. The van der Waals surface area contributed by atoms with Crippen LogP contribution in [0.2, 0.25) is 5.02 Å². The number of benzene rings is 2. The lowest BCUT2D eigenvalue weighted by Gasteiger charge is -2.38. The van der Waals surface area contributed by atoms with Crippen molar-refractivity contribution in [2.24, 2.45) is 0 Å². The first-order chi connectivity index (χ1) is 14.5. The van der Waals surface area contributed by atoms with Crippen LogP contribution < -0.4 is 5.32 Å². The van der Waals surface area contributed by atoms with Crippen LogP contribution in [0.1, 0.15) is 24.2 Å². The van der Waals surface area contributed by atoms with E-state index in [0.717, 1.165) is 18.4 Å². The zero-order chi connectivity index (χ0) is 21.1. The number of halogens is 2. The van der Waals surface area contributed by atoms with Gasteiger partial charge in [0.15, 0.2) is 0 Å². The van der Waals surface area contributed by atoms with Gasteiger partial charge in [-0.3, -0.25) is 10.1 Å². The molecular formula is C22H20ClFN2O4. The van der Waals surface area contributed by atoms with Crippen LogP contribution in [0.5, 0.6) is 0 Å². The van der Waals surface area contributed by atoms with E-state index < -0.39 is 4.92 Å². The van der Waals surface area contributed by atoms with Gasteiger partial charge in [0.05, 0.1) is 17.0 Å². The molecule has 156 valence electrons. The van der Waals surface area contributed by atoms with E-state index in [1.165, 1.54) is 18.2 Å². The molecular weight excluding hydrogens is 411 g/mol. The van der Waals surface area contributed by atoms with E-state index in [2.05, 4.69) is 5.32 Å². The van der Waals surface area contributed by atoms with Gasteiger partial charge in [0, 0.05) is 29.8 Å². The SMILES string of the molecule is O=[N+]([O-])c1cc(Cl)ccc1-c1ccc(CNC2(c3ccc(F)cc3)CCOCC2)o1. The zero-order valence-corrected chi connectivity index (χ0v) is 16.8. The number of rotatable bonds is 6. The number of hydrogen-bond donors (Lipinski definition) is 1. The maximum atomic E-state index is 13.4. The average molecular weight is 431 g/mol. The summed E-state index contributed by atoms with van der Waals surface area (Å²) in [6, 6.07) is 14.5. The highest BCUT2D eigenvalue weighted by Gasteiger charge is 2.34. The van der Waals surface area contributed by atoms with Gasteiger partial charge in [-0.2, -0.15) is 0 Å². The fourth-order valence-corrected chi connectivity index (χ4v) is 3.96. The molecule has 30 heavy (non-hydrogen) atoms. The fourth-order valence-electron chi connectivity index (χ4n) is 3.79. The predicted octanol–water partition coefficient (Wildman–Crippen LogP) is 5.44. The van der Waals surface area contributed by atoms with Crippen molar-refractivity contribution in [2.75, 3.05) is 13.2 Å². The molecule has 1 N–H and O–H groups in total. The van der Waals surface area contributed by atoms with Gasteiger partial charge in [-0.25, -0.2) is 4.39 Å². The minimum atomic E-state index is -0.479. The molecule has 2 aromatic carbocycles. The van der Waals surface area contributed by atoms with E-state index in [0.29, 0.717) is 41.9 Å². The smallest absolute Gasteiger partial charge is 0.281 e. The van der Waals surface area contributed by atoms with E-state index in [1.807, 2.05) is 0 Å². The molecule has 0 unspecified atom stereocenters. The summed E-state index contributed by atoms with van der Waals surface area (Å²) in [5, 5.41) is 15.2. The Morgan fingerprint density at radius 2 is 1.83 bits per heavy atom. The maximum absolute atomic E-state index is 13.4. The first-order valence-electron chi connectivity index (χ1n) is 9.59. The molecule has 0 aliphatic carbocycles. The third kappa shape index (κ3) is 4.23. The summed E-state index contributed by atoms with van der Waals surface area (Å²) >= 11 is 5.89. The largest absolute Gasteiger partial charge is 0.459 e. The number of nitro benzene ring substituents is 1. The number of hydrogen-bond acceptors (Lipinski definition) is 5. The van der Waals surface area contributed by atoms with Crippen LogP contribution in [0, 0.1) is 15.9 Å². The summed E-state index contributed by atoms with van der Waals surface area (Å²) in [4.78, 5) is 10.9. The lowest BCUT2D eigenvalue weighted by atomic mass is 9.82. The van der Waals surface area contributed by atoms with Crippen LogP contribution in [0.25, 0.3) is 11.3 Å². The van der Waals surface area contributed by atoms with E-state index in [4.69, 9.17) is 20.8 Å². The van der Waals surface area contributed by atoms with Crippen LogP contribution in [-0.4, -0.2) is 18.1 Å². The Labute approximate surface area is 177 Å². The Hall–Kier alpha value is -2.74. The van der Waals surface area contributed by atoms with Gasteiger partial charge in [0.2, 0.25) is 0 Å². The van der Waals surface area contributed by atoms with Crippen LogP contribution in [0.3, 0.4) is 0 Å². The Bertz CT molecular complexity index is 1050. The molecule has 3 aromatic rings. The second-order valence-corrected chi connectivity index (χ2v) is 7.68. The molecule has 1 aliphatic heterocycles. The molecule has 2 heterocycles. The normalized spacial score (nSPS) is 15.8. The summed E-state index contributed by atoms with van der Waals surface area (Å²) in [6.45, 7) is 1.62. The first-order valence-corrected chi connectivity index (χ1v) is 9.96. The van der Waals surface area contributed by atoms with E-state index >= 15 is 0 Å². The Morgan fingerprint density at radius 1 is 1.10 bits per heavy atom. The molecule has 1 aliphatic rings. The highest BCUT2D eigenvalue weighted by atomic mass is 35.5. The Kier molecular flexibility index (Phi) is 5.85. The zero-order valence-electron chi connectivity index (χ0n) is 16.1. The molecule has 0 radical (unpaired) electrons. The maximum Gasteiger partial charge on any atom is 0.281 e. The van der Waals surface area contributed by atoms with Gasteiger partial charge in [-0.05, 0) is 54.8 Å². The highest BCUT2D eigenvalue weighted by Crippen LogP contribution is 2.35. The van der Waals surface area contributed by atoms with Gasteiger partial charge in [-0.1, -0.05) is 23.7 Å². The van der Waals surface area contributed by atoms with Gasteiger partial charge in [0.25, 0.3) is 5.69 Å². The van der Waals surface area contributed by atoms with Gasteiger partial charge < -0.3 is 14.5 Å². The van der Waals surface area contributed by atoms with Crippen LogP contribution in [-0.2, 0) is 16.8 Å². The summed E-state index contributed by atoms with van der Waals surface area (Å²) < 4.78 is 24.8. The molecule has 1 saturated heterocycles. The van der Waals surface area contributed by atoms with Crippen molar-refractivity contribution in [3.8, 4) is 11.3 Å². The predicted molar refractivity (Wildman–Crippen MR) is 111 cm³/mol. The Morgan fingerprint density at radius 3 is 2.53 bits per heavy atom. The van der Waals surface area contributed by atoms with Crippen LogP contribution in [0.15, 0.2) is 59.0 Å². The molecule has 6 nitrogen and oxygen atoms in total. The van der Waals surface area contributed by atoms with Crippen molar-refractivity contribution < 1.29 is 18.5 Å². The van der Waals surface area contributed by atoms with Crippen molar-refractivity contribution in [1.82, 2.24) is 5.32 Å². The van der Waals surface area contributed by atoms with Crippen molar-refractivity contribution in [2.45, 2.75) is 24.9 Å². The molecule has 0 bridgehead atoms. The van der Waals surface area contributed by atoms with Gasteiger partial charge in [-0.15, -0.1) is 0 Å². The highest BCUT2D eigenvalue weighted by molar-refractivity contribution is 6.30. The molecule has 0 spiro atoms. The second-order valence-electron chi connectivity index (χ2n) is 7.24. The fraction of sp³-hybridized carbons (Fsp3) is 0.273. The van der Waals surface area contributed by atoms with Gasteiger partial charge in [0.1, 0.15) is 17.3 Å². The second kappa shape index (κ2) is 8.55. The first kappa shape index (κ1) is 20.5. The summed E-state index contributed by atoms with van der Waals surface area (Å²) in [5.41, 5.74) is 0.899. The standard InChI is InChI=1S/C22H20ClFN2O4/c23-16-3-7-19(20(13-16)26(27)28)21-8-6-18(30-21)14-25-22(9-11-29-12-10-22)15-1-4-17(24)5-2-15/h1-8,13,25H,9-12,14H2. The summed E-state index contributed by atoms with van der Waals surface area (Å²) in [5.74, 6) is 0.765. The van der Waals surface area contributed by atoms with Crippen molar-refractivity contribution in [1.29, 1.82) is 0 Å². The van der Waals surface area contributed by atoms with E-state index in [9.17, 15) is 14.5 Å². The topological polar surface area (TPSA) is 77.5 Å². The van der Waals surface area contributed by atoms with Gasteiger partial charge >= 0.3 is 0 Å². The number of nitrogens with one attached hydrogen (secondary N) is 1. The summed E-state index contributed by atoms with van der Waals surface area (Å²) in [7, 11) is 0. The third-order valence-electron chi connectivity index (χ3n) is 5.43. The van der Waals surface area contributed by atoms with Crippen molar-refractivity contribution in [3.63, 3.8) is 0 Å². The van der Waals surface area contributed by atoms with Crippen molar-refractivity contribution >= 4 is 17.3 Å². The minimum absolute atomic E-state index is 0.108. The van der Waals surface area contributed by atoms with E-state index in [-0.39, 0.29) is 17.0 Å². The minimum Gasteiger partial charge on any atom is -0.459 e. The Balaban J connectivity index is 1.56. The number of furan rings is 1. The van der Waals surface area contributed by atoms with E-state index in [1.54, 1.807) is 36.4 Å². The molecule has 1 fully saturated rings. The molecule has 8 heteroatoms. The lowest BCUT2D eigenvalue weighted by molar-refractivity contribution is -0.384. The number of nitro groups is 1. The number of nitrogens with zero attached hydrogens (tertiary/aromatic N) is 1. The molecule has 0 amide bonds. The monoisotopic (exact) mass is 430 g/mol. The number of ether oxygens (including phenoxy) is 1. The lowest BCUT2D eigenvalue weighted by Crippen LogP contribution is -2.46. The average Bonchev–Trinajstić information content (AvgIpc) is 3.22. The molecule has 1 aromatic heterocycles. The van der Waals surface area contributed by atoms with Crippen LogP contribution in [0.4, 0.5) is 10.1 Å². The van der Waals surface area contributed by atoms with Crippen LogP contribution >= 0.6 is 11.6 Å².